The van der Waals surface area contributed by atoms with Gasteiger partial charge in [0, 0.05) is 5.41 Å². The Bertz CT molecular complexity index is 575. The average molecular weight is 312 g/mol. The second-order valence-electron chi connectivity index (χ2n) is 4.70. The lowest BCUT2D eigenvalue weighted by Crippen LogP contribution is -2.22. The molecule has 1 rings (SSSR count). The van der Waals surface area contributed by atoms with Crippen LogP contribution in [0.1, 0.15) is 20.8 Å². The Balaban J connectivity index is 2.86. The molecule has 0 aliphatic heterocycles. The smallest absolute Gasteiger partial charge is 0.435 e. The fraction of sp³-hybridized carbons (Fsp3) is 0.400. The van der Waals surface area contributed by atoms with Gasteiger partial charge in [0.05, 0.1) is 11.5 Å². The summed E-state index contributed by atoms with van der Waals surface area (Å²) in [6.07, 6.45) is -0.107. The fourth-order valence-electron chi connectivity index (χ4n) is 1.53. The molecular weight excluding hydrogens is 292 g/mol. The monoisotopic (exact) mass is 312 g/mol. The molecule has 6 heteroatoms. The van der Waals surface area contributed by atoms with Gasteiger partial charge < -0.3 is 9.47 Å². The van der Waals surface area contributed by atoms with Crippen LogP contribution >= 0.6 is 0 Å². The lowest BCUT2D eigenvalue weighted by Gasteiger charge is -2.17. The number of carbonyl (C=O) groups is 1. The molecule has 21 heavy (non-hydrogen) atoms. The maximum atomic E-state index is 12.1. The van der Waals surface area contributed by atoms with Gasteiger partial charge in [-0.3, -0.25) is 0 Å². The lowest BCUT2D eigenvalue weighted by molar-refractivity contribution is 0.0275. The standard InChI is InChI=1S/C15H20O5S/c1-4-19-15(16)20-14(12(2)3)10-11-21(17,18)13-8-6-5-7-9-13/h5-12,14H,4H2,1-3H3/b11-10+. The molecule has 116 valence electrons. The van der Waals surface area contributed by atoms with Crippen LogP contribution in [-0.4, -0.2) is 27.3 Å². The van der Waals surface area contributed by atoms with Crippen molar-refractivity contribution in [1.29, 1.82) is 0 Å². The highest BCUT2D eigenvalue weighted by Crippen LogP contribution is 2.15. The largest absolute Gasteiger partial charge is 0.508 e. The third-order valence-corrected chi connectivity index (χ3v) is 4.12. The molecule has 0 N–H and O–H groups in total. The summed E-state index contributed by atoms with van der Waals surface area (Å²) in [6, 6.07) is 8.06. The van der Waals surface area contributed by atoms with Gasteiger partial charge in [-0.25, -0.2) is 13.2 Å². The van der Waals surface area contributed by atoms with Gasteiger partial charge in [0.1, 0.15) is 6.10 Å². The minimum atomic E-state index is -3.55. The fourth-order valence-corrected chi connectivity index (χ4v) is 2.59. The summed E-state index contributed by atoms with van der Waals surface area (Å²) in [7, 11) is -3.55. The molecule has 0 saturated heterocycles. The van der Waals surface area contributed by atoms with Crippen LogP contribution in [0.25, 0.3) is 0 Å². The molecule has 0 aromatic heterocycles. The summed E-state index contributed by atoms with van der Waals surface area (Å²) in [6.45, 7) is 5.52. The van der Waals surface area contributed by atoms with E-state index in [1.54, 1.807) is 25.1 Å². The van der Waals surface area contributed by atoms with Gasteiger partial charge in [-0.15, -0.1) is 0 Å². The molecule has 0 bridgehead atoms. The number of hydrogen-bond donors (Lipinski definition) is 0. The van der Waals surface area contributed by atoms with Crippen molar-refractivity contribution < 1.29 is 22.7 Å². The third kappa shape index (κ3) is 5.59. The van der Waals surface area contributed by atoms with Crippen molar-refractivity contribution in [1.82, 2.24) is 0 Å². The van der Waals surface area contributed by atoms with Crippen LogP contribution in [0, 0.1) is 5.92 Å². The first-order chi connectivity index (χ1) is 9.86. The van der Waals surface area contributed by atoms with Crippen LogP contribution in [0.2, 0.25) is 0 Å². The zero-order valence-electron chi connectivity index (χ0n) is 12.4. The Morgan fingerprint density at radius 1 is 1.24 bits per heavy atom. The first-order valence-electron chi connectivity index (χ1n) is 6.68. The van der Waals surface area contributed by atoms with Crippen LogP contribution in [-0.2, 0) is 19.3 Å². The quantitative estimate of drug-likeness (QED) is 0.755. The van der Waals surface area contributed by atoms with E-state index in [-0.39, 0.29) is 17.4 Å². The van der Waals surface area contributed by atoms with E-state index in [1.165, 1.54) is 18.2 Å². The van der Waals surface area contributed by atoms with E-state index in [0.29, 0.717) is 0 Å². The molecule has 0 saturated carbocycles. The molecule has 0 spiro atoms. The SMILES string of the molecule is CCOC(=O)OC(/C=C/S(=O)(=O)c1ccccc1)C(C)C. The molecule has 1 unspecified atom stereocenters. The van der Waals surface area contributed by atoms with Gasteiger partial charge in [-0.05, 0) is 31.1 Å². The highest BCUT2D eigenvalue weighted by molar-refractivity contribution is 7.94. The van der Waals surface area contributed by atoms with Gasteiger partial charge in [0.25, 0.3) is 0 Å². The van der Waals surface area contributed by atoms with E-state index in [0.717, 1.165) is 5.41 Å². The summed E-state index contributed by atoms with van der Waals surface area (Å²) < 4.78 is 34.0. The molecule has 0 radical (unpaired) electrons. The molecule has 0 heterocycles. The summed E-state index contributed by atoms with van der Waals surface area (Å²) >= 11 is 0. The highest BCUT2D eigenvalue weighted by atomic mass is 32.2. The van der Waals surface area contributed by atoms with E-state index < -0.39 is 22.1 Å². The predicted octanol–water partition coefficient (Wildman–Crippen LogP) is 3.17. The van der Waals surface area contributed by atoms with Crippen molar-refractivity contribution in [3.8, 4) is 0 Å². The Morgan fingerprint density at radius 3 is 2.38 bits per heavy atom. The van der Waals surface area contributed by atoms with Gasteiger partial charge >= 0.3 is 6.16 Å². The van der Waals surface area contributed by atoms with E-state index in [4.69, 9.17) is 9.47 Å². The van der Waals surface area contributed by atoms with Gasteiger partial charge in [-0.2, -0.15) is 0 Å². The first-order valence-corrected chi connectivity index (χ1v) is 8.23. The predicted molar refractivity (Wildman–Crippen MR) is 79.5 cm³/mol. The Hall–Kier alpha value is -1.82. The summed E-state index contributed by atoms with van der Waals surface area (Å²) in [5.41, 5.74) is 0. The van der Waals surface area contributed by atoms with E-state index in [9.17, 15) is 13.2 Å². The molecule has 0 amide bonds. The Morgan fingerprint density at radius 2 is 1.86 bits per heavy atom. The summed E-state index contributed by atoms with van der Waals surface area (Å²) in [5, 5.41) is 1.06. The molecule has 0 fully saturated rings. The van der Waals surface area contributed by atoms with E-state index in [2.05, 4.69) is 0 Å². The number of carbonyl (C=O) groups excluding carboxylic acids is 1. The van der Waals surface area contributed by atoms with Crippen molar-refractivity contribution in [3.05, 3.63) is 41.8 Å². The van der Waals surface area contributed by atoms with Crippen molar-refractivity contribution in [2.24, 2.45) is 5.92 Å². The molecule has 0 aliphatic rings. The normalized spacial score (nSPS) is 13.3. The number of benzene rings is 1. The molecular formula is C15H20O5S. The minimum Gasteiger partial charge on any atom is -0.435 e. The molecule has 1 aromatic rings. The van der Waals surface area contributed by atoms with Gasteiger partial charge in [0.15, 0.2) is 9.84 Å². The zero-order valence-corrected chi connectivity index (χ0v) is 13.2. The first kappa shape index (κ1) is 17.2. The van der Waals surface area contributed by atoms with Crippen LogP contribution in [0.5, 0.6) is 0 Å². The third-order valence-electron chi connectivity index (χ3n) is 2.67. The van der Waals surface area contributed by atoms with Gasteiger partial charge in [-0.1, -0.05) is 32.0 Å². The highest BCUT2D eigenvalue weighted by Gasteiger charge is 2.18. The van der Waals surface area contributed by atoms with Crippen molar-refractivity contribution >= 4 is 16.0 Å². The van der Waals surface area contributed by atoms with Crippen molar-refractivity contribution in [2.45, 2.75) is 31.8 Å². The zero-order chi connectivity index (χ0) is 15.9. The van der Waals surface area contributed by atoms with Crippen LogP contribution in [0.4, 0.5) is 4.79 Å². The number of rotatable bonds is 6. The Labute approximate surface area is 125 Å². The average Bonchev–Trinajstić information content (AvgIpc) is 2.44. The molecule has 1 atom stereocenters. The van der Waals surface area contributed by atoms with Crippen molar-refractivity contribution in [2.75, 3.05) is 6.61 Å². The van der Waals surface area contributed by atoms with Crippen LogP contribution in [0.3, 0.4) is 0 Å². The van der Waals surface area contributed by atoms with Crippen LogP contribution < -0.4 is 0 Å². The molecule has 5 nitrogen and oxygen atoms in total. The van der Waals surface area contributed by atoms with E-state index in [1.807, 2.05) is 13.8 Å². The van der Waals surface area contributed by atoms with Gasteiger partial charge in [0.2, 0.25) is 0 Å². The summed E-state index contributed by atoms with van der Waals surface area (Å²) in [5.74, 6) is -0.0726. The molecule has 0 aliphatic carbocycles. The topological polar surface area (TPSA) is 69.7 Å². The number of ether oxygens (including phenoxy) is 2. The summed E-state index contributed by atoms with van der Waals surface area (Å²) in [4.78, 5) is 11.5. The second kappa shape index (κ2) is 7.83. The van der Waals surface area contributed by atoms with E-state index >= 15 is 0 Å². The molecule has 1 aromatic carbocycles. The lowest BCUT2D eigenvalue weighted by atomic mass is 10.1. The maximum Gasteiger partial charge on any atom is 0.508 e. The Kier molecular flexibility index (Phi) is 6.42. The number of sulfone groups is 1. The van der Waals surface area contributed by atoms with Crippen molar-refractivity contribution in [3.63, 3.8) is 0 Å². The van der Waals surface area contributed by atoms with Crippen LogP contribution in [0.15, 0.2) is 46.7 Å². The maximum absolute atomic E-state index is 12.1. The number of hydrogen-bond acceptors (Lipinski definition) is 5. The second-order valence-corrected chi connectivity index (χ2v) is 6.53. The minimum absolute atomic E-state index is 0.0726.